The number of nitrogens with one attached hydrogen (secondary N) is 2. The van der Waals surface area contributed by atoms with Crippen LogP contribution in [0, 0.1) is 13.8 Å². The number of aryl methyl sites for hydroxylation is 2. The summed E-state index contributed by atoms with van der Waals surface area (Å²) in [7, 11) is 0. The summed E-state index contributed by atoms with van der Waals surface area (Å²) in [6, 6.07) is 14.3. The van der Waals surface area contributed by atoms with Crippen LogP contribution in [0.25, 0.3) is 0 Å². The van der Waals surface area contributed by atoms with Crippen LogP contribution < -0.4 is 15.4 Å². The zero-order valence-corrected chi connectivity index (χ0v) is 14.1. The van der Waals surface area contributed by atoms with Gasteiger partial charge < -0.3 is 15.4 Å². The molecule has 2 aromatic carbocycles. The van der Waals surface area contributed by atoms with Gasteiger partial charge in [0.1, 0.15) is 5.75 Å². The third-order valence-corrected chi connectivity index (χ3v) is 3.55. The van der Waals surface area contributed by atoms with Crippen molar-refractivity contribution in [1.29, 1.82) is 0 Å². The van der Waals surface area contributed by atoms with Crippen molar-refractivity contribution < 1.29 is 4.74 Å². The lowest BCUT2D eigenvalue weighted by Crippen LogP contribution is -2.28. The van der Waals surface area contributed by atoms with E-state index in [-0.39, 0.29) is 0 Å². The summed E-state index contributed by atoms with van der Waals surface area (Å²) in [5.74, 6) is 0.884. The second kappa shape index (κ2) is 7.80. The van der Waals surface area contributed by atoms with Crippen molar-refractivity contribution in [2.45, 2.75) is 27.3 Å². The van der Waals surface area contributed by atoms with Gasteiger partial charge in [-0.2, -0.15) is 0 Å². The Hall–Kier alpha value is -2.07. The van der Waals surface area contributed by atoms with Crippen LogP contribution in [0.5, 0.6) is 5.75 Å². The van der Waals surface area contributed by atoms with Gasteiger partial charge in [-0.05, 0) is 67.9 Å². The lowest BCUT2D eigenvalue weighted by Gasteiger charge is -2.13. The van der Waals surface area contributed by atoms with Gasteiger partial charge in [0.15, 0.2) is 5.11 Å². The van der Waals surface area contributed by atoms with E-state index in [1.807, 2.05) is 25.1 Å². The SMILES string of the molecule is CCOc1cccc(CNC(=S)Nc2cc(C)ccc2C)c1. The monoisotopic (exact) mass is 314 g/mol. The van der Waals surface area contributed by atoms with Gasteiger partial charge in [-0.1, -0.05) is 24.3 Å². The van der Waals surface area contributed by atoms with Crippen molar-refractivity contribution >= 4 is 23.0 Å². The molecule has 22 heavy (non-hydrogen) atoms. The number of hydrogen-bond donors (Lipinski definition) is 2. The Balaban J connectivity index is 1.92. The molecular formula is C18H22N2OS. The van der Waals surface area contributed by atoms with Crippen molar-refractivity contribution in [3.05, 3.63) is 59.2 Å². The first-order valence-corrected chi connectivity index (χ1v) is 7.83. The van der Waals surface area contributed by atoms with Crippen LogP contribution in [-0.4, -0.2) is 11.7 Å². The van der Waals surface area contributed by atoms with Gasteiger partial charge in [0.25, 0.3) is 0 Å². The summed E-state index contributed by atoms with van der Waals surface area (Å²) in [6.07, 6.45) is 0. The standard InChI is InChI=1S/C18H22N2OS/c1-4-21-16-7-5-6-15(11-16)12-19-18(22)20-17-10-13(2)8-9-14(17)3/h5-11H,4,12H2,1-3H3,(H2,19,20,22). The third-order valence-electron chi connectivity index (χ3n) is 3.30. The van der Waals surface area contributed by atoms with Crippen LogP contribution in [0.15, 0.2) is 42.5 Å². The Kier molecular flexibility index (Phi) is 5.78. The van der Waals surface area contributed by atoms with E-state index < -0.39 is 0 Å². The molecule has 0 aliphatic carbocycles. The number of hydrogen-bond acceptors (Lipinski definition) is 2. The maximum absolute atomic E-state index is 5.50. The molecule has 2 N–H and O–H groups in total. The number of thiocarbonyl (C=S) groups is 1. The van der Waals surface area contributed by atoms with Crippen molar-refractivity contribution in [3.63, 3.8) is 0 Å². The zero-order valence-electron chi connectivity index (χ0n) is 13.3. The molecule has 0 saturated carbocycles. The van der Waals surface area contributed by atoms with Crippen LogP contribution in [0.2, 0.25) is 0 Å². The highest BCUT2D eigenvalue weighted by Gasteiger charge is 2.02. The maximum atomic E-state index is 5.50. The van der Waals surface area contributed by atoms with Gasteiger partial charge in [0.05, 0.1) is 6.61 Å². The first kappa shape index (κ1) is 16.3. The molecule has 0 heterocycles. The number of benzene rings is 2. The highest BCUT2D eigenvalue weighted by atomic mass is 32.1. The van der Waals surface area contributed by atoms with Crippen LogP contribution in [0.4, 0.5) is 5.69 Å². The molecule has 0 aromatic heterocycles. The fraction of sp³-hybridized carbons (Fsp3) is 0.278. The molecule has 0 bridgehead atoms. The molecule has 2 rings (SSSR count). The minimum atomic E-state index is 0.621. The molecule has 0 fully saturated rings. The van der Waals surface area contributed by atoms with E-state index in [0.717, 1.165) is 17.0 Å². The summed E-state index contributed by atoms with van der Waals surface area (Å²) < 4.78 is 5.50. The minimum absolute atomic E-state index is 0.621. The van der Waals surface area contributed by atoms with Crippen molar-refractivity contribution in [2.75, 3.05) is 11.9 Å². The molecule has 0 amide bonds. The third kappa shape index (κ3) is 4.74. The number of anilines is 1. The highest BCUT2D eigenvalue weighted by molar-refractivity contribution is 7.80. The van der Waals surface area contributed by atoms with E-state index in [2.05, 4.69) is 48.7 Å². The van der Waals surface area contributed by atoms with E-state index in [4.69, 9.17) is 17.0 Å². The smallest absolute Gasteiger partial charge is 0.171 e. The Morgan fingerprint density at radius 2 is 1.95 bits per heavy atom. The fourth-order valence-corrected chi connectivity index (χ4v) is 2.31. The number of ether oxygens (including phenoxy) is 1. The van der Waals surface area contributed by atoms with Gasteiger partial charge >= 0.3 is 0 Å². The highest BCUT2D eigenvalue weighted by Crippen LogP contribution is 2.16. The van der Waals surface area contributed by atoms with Crippen LogP contribution in [0.3, 0.4) is 0 Å². The quantitative estimate of drug-likeness (QED) is 0.811. The topological polar surface area (TPSA) is 33.3 Å². The molecule has 0 spiro atoms. The summed E-state index contributed by atoms with van der Waals surface area (Å²) in [5.41, 5.74) is 4.56. The van der Waals surface area contributed by atoms with Crippen LogP contribution in [0.1, 0.15) is 23.6 Å². The Morgan fingerprint density at radius 3 is 2.73 bits per heavy atom. The lowest BCUT2D eigenvalue weighted by atomic mass is 10.1. The molecular weight excluding hydrogens is 292 g/mol. The van der Waals surface area contributed by atoms with Crippen molar-refractivity contribution in [3.8, 4) is 5.75 Å². The van der Waals surface area contributed by atoms with Crippen molar-refractivity contribution in [1.82, 2.24) is 5.32 Å². The predicted molar refractivity (Wildman–Crippen MR) is 96.6 cm³/mol. The second-order valence-electron chi connectivity index (χ2n) is 5.21. The largest absolute Gasteiger partial charge is 0.494 e. The van der Waals surface area contributed by atoms with Crippen molar-refractivity contribution in [2.24, 2.45) is 0 Å². The van der Waals surface area contributed by atoms with E-state index in [1.165, 1.54) is 11.1 Å². The summed E-state index contributed by atoms with van der Waals surface area (Å²) >= 11 is 5.37. The van der Waals surface area contributed by atoms with E-state index >= 15 is 0 Å². The fourth-order valence-electron chi connectivity index (χ4n) is 2.13. The van der Waals surface area contributed by atoms with Gasteiger partial charge in [0.2, 0.25) is 0 Å². The Labute approximate surface area is 137 Å². The van der Waals surface area contributed by atoms with Gasteiger partial charge in [-0.15, -0.1) is 0 Å². The first-order valence-electron chi connectivity index (χ1n) is 7.42. The summed E-state index contributed by atoms with van der Waals surface area (Å²) in [4.78, 5) is 0. The average Bonchev–Trinajstić information content (AvgIpc) is 2.50. The average molecular weight is 314 g/mol. The predicted octanol–water partition coefficient (Wildman–Crippen LogP) is 4.19. The maximum Gasteiger partial charge on any atom is 0.171 e. The number of rotatable bonds is 5. The zero-order chi connectivity index (χ0) is 15.9. The Morgan fingerprint density at radius 1 is 1.14 bits per heavy atom. The molecule has 0 saturated heterocycles. The second-order valence-corrected chi connectivity index (χ2v) is 5.61. The normalized spacial score (nSPS) is 10.1. The molecule has 0 radical (unpaired) electrons. The van der Waals surface area contributed by atoms with E-state index in [1.54, 1.807) is 0 Å². The van der Waals surface area contributed by atoms with Gasteiger partial charge in [-0.3, -0.25) is 0 Å². The van der Waals surface area contributed by atoms with Gasteiger partial charge in [0, 0.05) is 12.2 Å². The first-order chi connectivity index (χ1) is 10.6. The molecule has 0 atom stereocenters. The molecule has 116 valence electrons. The molecule has 0 aliphatic rings. The van der Waals surface area contributed by atoms with Crippen LogP contribution in [-0.2, 0) is 6.54 Å². The molecule has 0 aliphatic heterocycles. The van der Waals surface area contributed by atoms with Gasteiger partial charge in [-0.25, -0.2) is 0 Å². The molecule has 0 unspecified atom stereocenters. The Bertz CT molecular complexity index is 655. The van der Waals surface area contributed by atoms with E-state index in [9.17, 15) is 0 Å². The minimum Gasteiger partial charge on any atom is -0.494 e. The van der Waals surface area contributed by atoms with E-state index in [0.29, 0.717) is 18.3 Å². The lowest BCUT2D eigenvalue weighted by molar-refractivity contribution is 0.340. The summed E-state index contributed by atoms with van der Waals surface area (Å²) in [5, 5.41) is 7.10. The summed E-state index contributed by atoms with van der Waals surface area (Å²) in [6.45, 7) is 7.45. The molecule has 3 nitrogen and oxygen atoms in total. The van der Waals surface area contributed by atoms with Crippen LogP contribution >= 0.6 is 12.2 Å². The molecule has 4 heteroatoms. The molecule has 2 aromatic rings.